The third kappa shape index (κ3) is 3.66. The van der Waals surface area contributed by atoms with E-state index in [1.165, 1.54) is 0 Å². The molecule has 0 radical (unpaired) electrons. The van der Waals surface area contributed by atoms with Crippen molar-refractivity contribution >= 4 is 5.84 Å². The van der Waals surface area contributed by atoms with Crippen molar-refractivity contribution in [1.82, 2.24) is 4.90 Å². The fourth-order valence-corrected chi connectivity index (χ4v) is 2.13. The second-order valence-corrected chi connectivity index (χ2v) is 4.59. The maximum absolute atomic E-state index is 9.10. The van der Waals surface area contributed by atoms with Crippen molar-refractivity contribution in [3.63, 3.8) is 0 Å². The Morgan fingerprint density at radius 2 is 2.16 bits per heavy atom. The van der Waals surface area contributed by atoms with E-state index in [0.29, 0.717) is 12.2 Å². The number of nitrogens with zero attached hydrogens (tertiary/aromatic N) is 2. The standard InChI is InChI=1S/C13H19N3O3/c14-13(15-18)11-3-1-10(2-4-11)7-16-5-6-19-12(8-16)9-17/h1-4,12,17-18H,5-9H2,(H2,14,15). The van der Waals surface area contributed by atoms with Gasteiger partial charge < -0.3 is 20.8 Å². The number of nitrogens with two attached hydrogens (primary N) is 1. The van der Waals surface area contributed by atoms with Gasteiger partial charge in [0.1, 0.15) is 0 Å². The van der Waals surface area contributed by atoms with E-state index in [9.17, 15) is 0 Å². The summed E-state index contributed by atoms with van der Waals surface area (Å²) in [6.07, 6.45) is -0.0924. The van der Waals surface area contributed by atoms with Gasteiger partial charge in [0.25, 0.3) is 0 Å². The molecule has 1 aliphatic heterocycles. The SMILES string of the molecule is N/C(=N/O)c1ccc(CN2CCOC(CO)C2)cc1. The molecule has 1 aromatic rings. The highest BCUT2D eigenvalue weighted by atomic mass is 16.5. The van der Waals surface area contributed by atoms with Crippen LogP contribution in [0, 0.1) is 0 Å². The number of ether oxygens (including phenoxy) is 1. The molecule has 6 nitrogen and oxygen atoms in total. The molecule has 1 atom stereocenters. The molecule has 1 heterocycles. The van der Waals surface area contributed by atoms with Crippen molar-refractivity contribution in [2.24, 2.45) is 10.9 Å². The largest absolute Gasteiger partial charge is 0.409 e. The number of oxime groups is 1. The zero-order valence-electron chi connectivity index (χ0n) is 10.7. The molecular weight excluding hydrogens is 246 g/mol. The van der Waals surface area contributed by atoms with Crippen molar-refractivity contribution in [1.29, 1.82) is 0 Å². The van der Waals surface area contributed by atoms with E-state index in [1.54, 1.807) is 0 Å². The fraction of sp³-hybridized carbons (Fsp3) is 0.462. The summed E-state index contributed by atoms with van der Waals surface area (Å²) in [5, 5.41) is 20.7. The molecule has 19 heavy (non-hydrogen) atoms. The highest BCUT2D eigenvalue weighted by molar-refractivity contribution is 5.96. The third-order valence-electron chi connectivity index (χ3n) is 3.19. The first-order valence-corrected chi connectivity index (χ1v) is 6.24. The van der Waals surface area contributed by atoms with Crippen LogP contribution in [0.3, 0.4) is 0 Å². The first-order valence-electron chi connectivity index (χ1n) is 6.24. The van der Waals surface area contributed by atoms with E-state index in [2.05, 4.69) is 10.1 Å². The van der Waals surface area contributed by atoms with Gasteiger partial charge in [0, 0.05) is 25.2 Å². The van der Waals surface area contributed by atoms with Crippen LogP contribution in [-0.2, 0) is 11.3 Å². The maximum atomic E-state index is 9.10. The Labute approximate surface area is 112 Å². The minimum atomic E-state index is -0.0924. The Morgan fingerprint density at radius 3 is 2.79 bits per heavy atom. The zero-order chi connectivity index (χ0) is 13.7. The van der Waals surface area contributed by atoms with Crippen LogP contribution in [0.15, 0.2) is 29.4 Å². The Balaban J connectivity index is 1.96. The van der Waals surface area contributed by atoms with E-state index >= 15 is 0 Å². The predicted molar refractivity (Wildman–Crippen MR) is 71.1 cm³/mol. The molecule has 0 saturated carbocycles. The molecule has 0 aromatic heterocycles. The summed E-state index contributed by atoms with van der Waals surface area (Å²) in [4.78, 5) is 2.24. The Morgan fingerprint density at radius 1 is 1.42 bits per heavy atom. The van der Waals surface area contributed by atoms with Gasteiger partial charge in [0.15, 0.2) is 5.84 Å². The van der Waals surface area contributed by atoms with Gasteiger partial charge in [-0.05, 0) is 5.56 Å². The summed E-state index contributed by atoms with van der Waals surface area (Å²) >= 11 is 0. The molecule has 6 heteroatoms. The maximum Gasteiger partial charge on any atom is 0.170 e. The van der Waals surface area contributed by atoms with Crippen LogP contribution in [-0.4, -0.2) is 53.5 Å². The highest BCUT2D eigenvalue weighted by Gasteiger charge is 2.19. The molecule has 0 amide bonds. The Kier molecular flexibility index (Phi) is 4.73. The quantitative estimate of drug-likeness (QED) is 0.308. The number of morpholine rings is 1. The summed E-state index contributed by atoms with van der Waals surface area (Å²) in [5.74, 6) is 0.110. The predicted octanol–water partition coefficient (Wildman–Crippen LogP) is -0.0258. The number of aliphatic hydroxyl groups excluding tert-OH is 1. The monoisotopic (exact) mass is 265 g/mol. The number of hydrogen-bond acceptors (Lipinski definition) is 5. The van der Waals surface area contributed by atoms with Crippen molar-refractivity contribution in [2.75, 3.05) is 26.3 Å². The number of benzene rings is 1. The lowest BCUT2D eigenvalue weighted by atomic mass is 10.1. The summed E-state index contributed by atoms with van der Waals surface area (Å²) in [6.45, 7) is 3.10. The van der Waals surface area contributed by atoms with E-state index < -0.39 is 0 Å². The second kappa shape index (κ2) is 6.51. The Bertz CT molecular complexity index is 433. The summed E-state index contributed by atoms with van der Waals surface area (Å²) in [6, 6.07) is 7.57. The van der Waals surface area contributed by atoms with Gasteiger partial charge in [-0.3, -0.25) is 4.90 Å². The third-order valence-corrected chi connectivity index (χ3v) is 3.19. The van der Waals surface area contributed by atoms with Crippen LogP contribution < -0.4 is 5.73 Å². The van der Waals surface area contributed by atoms with Crippen LogP contribution in [0.2, 0.25) is 0 Å². The van der Waals surface area contributed by atoms with E-state index in [0.717, 1.165) is 25.2 Å². The molecule has 1 aliphatic rings. The van der Waals surface area contributed by atoms with E-state index in [-0.39, 0.29) is 18.5 Å². The van der Waals surface area contributed by atoms with Crippen LogP contribution in [0.5, 0.6) is 0 Å². The topological polar surface area (TPSA) is 91.3 Å². The summed E-state index contributed by atoms with van der Waals surface area (Å²) < 4.78 is 5.41. The lowest BCUT2D eigenvalue weighted by Crippen LogP contribution is -2.43. The van der Waals surface area contributed by atoms with Crippen LogP contribution in [0.1, 0.15) is 11.1 Å². The highest BCUT2D eigenvalue weighted by Crippen LogP contribution is 2.11. The molecule has 104 valence electrons. The van der Waals surface area contributed by atoms with Crippen molar-refractivity contribution in [2.45, 2.75) is 12.6 Å². The molecule has 2 rings (SSSR count). The average Bonchev–Trinajstić information content (AvgIpc) is 2.47. The van der Waals surface area contributed by atoms with Gasteiger partial charge in [-0.1, -0.05) is 29.4 Å². The number of rotatable bonds is 4. The average molecular weight is 265 g/mol. The summed E-state index contributed by atoms with van der Waals surface area (Å²) in [5.41, 5.74) is 7.35. The molecule has 0 aliphatic carbocycles. The van der Waals surface area contributed by atoms with Gasteiger partial charge >= 0.3 is 0 Å². The number of aliphatic hydroxyl groups is 1. The minimum Gasteiger partial charge on any atom is -0.409 e. The fourth-order valence-electron chi connectivity index (χ4n) is 2.13. The van der Waals surface area contributed by atoms with Crippen LogP contribution in [0.25, 0.3) is 0 Å². The van der Waals surface area contributed by atoms with Gasteiger partial charge in [-0.25, -0.2) is 0 Å². The molecule has 0 bridgehead atoms. The van der Waals surface area contributed by atoms with Crippen molar-refractivity contribution in [3.8, 4) is 0 Å². The minimum absolute atomic E-state index is 0.0545. The number of hydrogen-bond donors (Lipinski definition) is 3. The first kappa shape index (κ1) is 13.8. The Hall–Kier alpha value is -1.63. The zero-order valence-corrected chi connectivity index (χ0v) is 10.7. The van der Waals surface area contributed by atoms with E-state index in [1.807, 2.05) is 24.3 Å². The molecule has 0 spiro atoms. The van der Waals surface area contributed by atoms with Crippen LogP contribution in [0.4, 0.5) is 0 Å². The first-order chi connectivity index (χ1) is 9.22. The molecule has 4 N–H and O–H groups in total. The lowest BCUT2D eigenvalue weighted by Gasteiger charge is -2.32. The summed E-state index contributed by atoms with van der Waals surface area (Å²) in [7, 11) is 0. The number of amidine groups is 1. The van der Waals surface area contributed by atoms with Gasteiger partial charge in [0.2, 0.25) is 0 Å². The van der Waals surface area contributed by atoms with E-state index in [4.69, 9.17) is 20.8 Å². The second-order valence-electron chi connectivity index (χ2n) is 4.59. The lowest BCUT2D eigenvalue weighted by molar-refractivity contribution is -0.0551. The van der Waals surface area contributed by atoms with Gasteiger partial charge in [0.05, 0.1) is 19.3 Å². The molecule has 1 aromatic carbocycles. The molecule has 1 fully saturated rings. The van der Waals surface area contributed by atoms with Crippen molar-refractivity contribution < 1.29 is 15.1 Å². The molecular formula is C13H19N3O3. The van der Waals surface area contributed by atoms with Gasteiger partial charge in [-0.2, -0.15) is 0 Å². The molecule has 1 saturated heterocycles. The van der Waals surface area contributed by atoms with Crippen LogP contribution >= 0.6 is 0 Å². The van der Waals surface area contributed by atoms with Gasteiger partial charge in [-0.15, -0.1) is 0 Å². The molecule has 1 unspecified atom stereocenters. The van der Waals surface area contributed by atoms with Crippen molar-refractivity contribution in [3.05, 3.63) is 35.4 Å². The smallest absolute Gasteiger partial charge is 0.170 e. The normalized spacial score (nSPS) is 21.5.